The van der Waals surface area contributed by atoms with E-state index in [2.05, 4.69) is 58.6 Å². The predicted molar refractivity (Wildman–Crippen MR) is 155 cm³/mol. The Morgan fingerprint density at radius 1 is 0.974 bits per heavy atom. The van der Waals surface area contributed by atoms with E-state index in [1.165, 1.54) is 11.3 Å². The number of carbonyl (C=O) groups is 1. The first-order valence-corrected chi connectivity index (χ1v) is 13.5. The van der Waals surface area contributed by atoms with Gasteiger partial charge in [-0.05, 0) is 62.3 Å². The Morgan fingerprint density at radius 2 is 1.64 bits per heavy atom. The Balaban J connectivity index is 2.01. The number of aryl methyl sites for hydroxylation is 1. The Kier molecular flexibility index (Phi) is 10.0. The molecular weight excluding hydrogens is 518 g/mol. The summed E-state index contributed by atoms with van der Waals surface area (Å²) in [7, 11) is 6.57. The molecule has 0 fully saturated rings. The lowest BCUT2D eigenvalue weighted by Gasteiger charge is -2.28. The summed E-state index contributed by atoms with van der Waals surface area (Å²) in [5, 5.41) is 21.4. The molecule has 12 heteroatoms. The van der Waals surface area contributed by atoms with Crippen molar-refractivity contribution in [2.24, 2.45) is 17.3 Å². The van der Waals surface area contributed by atoms with E-state index in [9.17, 15) is 4.79 Å². The van der Waals surface area contributed by atoms with Crippen LogP contribution in [0.15, 0.2) is 40.6 Å². The van der Waals surface area contributed by atoms with Crippen LogP contribution in [0, 0.1) is 0 Å². The summed E-state index contributed by atoms with van der Waals surface area (Å²) < 4.78 is 18.1. The molecule has 0 spiro atoms. The van der Waals surface area contributed by atoms with Gasteiger partial charge in [-0.15, -0.1) is 4.68 Å². The predicted octanol–water partition coefficient (Wildman–Crippen LogP) is 6.12. The molecule has 0 aliphatic carbocycles. The SMILES string of the molecule is CCC(=O)Nc1cc(Nc2ccc(OC)c(OC)c2)c(OC)cc1N=Nc1sc(N(C(C)C)C(C)C)n[n+]1C. The summed E-state index contributed by atoms with van der Waals surface area (Å²) in [5.41, 5.74) is 2.32. The molecule has 2 aromatic carbocycles. The number of azo groups is 1. The van der Waals surface area contributed by atoms with Crippen LogP contribution in [0.25, 0.3) is 0 Å². The Hall–Kier alpha value is -3.93. The number of nitrogens with one attached hydrogen (secondary N) is 2. The van der Waals surface area contributed by atoms with Crippen LogP contribution in [-0.2, 0) is 11.8 Å². The largest absolute Gasteiger partial charge is 0.494 e. The van der Waals surface area contributed by atoms with Gasteiger partial charge in [-0.3, -0.25) is 4.79 Å². The van der Waals surface area contributed by atoms with Gasteiger partial charge in [-0.1, -0.05) is 12.0 Å². The van der Waals surface area contributed by atoms with Gasteiger partial charge in [0.25, 0.3) is 0 Å². The lowest BCUT2D eigenvalue weighted by atomic mass is 10.2. The number of hydrogen-bond donors (Lipinski definition) is 2. The fraction of sp³-hybridized carbons (Fsp3) is 0.444. The van der Waals surface area contributed by atoms with Crippen molar-refractivity contribution >= 4 is 50.3 Å². The molecule has 3 aromatic rings. The molecule has 39 heavy (non-hydrogen) atoms. The summed E-state index contributed by atoms with van der Waals surface area (Å²) in [4.78, 5) is 14.6. The van der Waals surface area contributed by atoms with Crippen molar-refractivity contribution in [3.05, 3.63) is 30.3 Å². The van der Waals surface area contributed by atoms with Crippen molar-refractivity contribution in [2.75, 3.05) is 36.9 Å². The van der Waals surface area contributed by atoms with Crippen molar-refractivity contribution in [3.8, 4) is 17.2 Å². The highest BCUT2D eigenvalue weighted by Gasteiger charge is 2.25. The number of anilines is 4. The number of carbonyl (C=O) groups excluding carboxylic acids is 1. The molecule has 0 saturated heterocycles. The normalized spacial score (nSPS) is 11.3. The van der Waals surface area contributed by atoms with E-state index in [4.69, 9.17) is 14.2 Å². The third-order valence-electron chi connectivity index (χ3n) is 5.85. The first-order chi connectivity index (χ1) is 18.6. The minimum absolute atomic E-state index is 0.149. The molecule has 210 valence electrons. The van der Waals surface area contributed by atoms with Gasteiger partial charge in [0, 0.05) is 36.3 Å². The molecule has 2 N–H and O–H groups in total. The minimum atomic E-state index is -0.149. The number of ether oxygens (including phenoxy) is 3. The zero-order chi connectivity index (χ0) is 28.7. The van der Waals surface area contributed by atoms with E-state index in [0.29, 0.717) is 45.9 Å². The van der Waals surface area contributed by atoms with E-state index < -0.39 is 0 Å². The zero-order valence-corrected chi connectivity index (χ0v) is 24.8. The molecule has 0 radical (unpaired) electrons. The Morgan fingerprint density at radius 3 is 2.23 bits per heavy atom. The fourth-order valence-electron chi connectivity index (χ4n) is 3.99. The van der Waals surface area contributed by atoms with Gasteiger partial charge in [-0.25, -0.2) is 0 Å². The second-order valence-electron chi connectivity index (χ2n) is 9.25. The molecular formula is C27H38N7O4S+. The molecule has 0 saturated carbocycles. The summed E-state index contributed by atoms with van der Waals surface area (Å²) in [6.45, 7) is 10.3. The zero-order valence-electron chi connectivity index (χ0n) is 24.0. The third kappa shape index (κ3) is 7.14. The fourth-order valence-corrected chi connectivity index (χ4v) is 5.10. The second-order valence-corrected chi connectivity index (χ2v) is 10.2. The molecule has 0 unspecified atom stereocenters. The van der Waals surface area contributed by atoms with Crippen molar-refractivity contribution < 1.29 is 23.7 Å². The first-order valence-electron chi connectivity index (χ1n) is 12.7. The van der Waals surface area contributed by atoms with Gasteiger partial charge in [0.2, 0.25) is 11.0 Å². The third-order valence-corrected chi connectivity index (χ3v) is 6.85. The van der Waals surface area contributed by atoms with Crippen molar-refractivity contribution in [1.82, 2.24) is 5.10 Å². The van der Waals surface area contributed by atoms with Crippen LogP contribution in [0.3, 0.4) is 0 Å². The van der Waals surface area contributed by atoms with E-state index in [1.54, 1.807) is 51.1 Å². The Bertz CT molecular complexity index is 1320. The van der Waals surface area contributed by atoms with Crippen molar-refractivity contribution in [2.45, 2.75) is 53.1 Å². The van der Waals surface area contributed by atoms with Crippen molar-refractivity contribution in [3.63, 3.8) is 0 Å². The summed E-state index contributed by atoms with van der Waals surface area (Å²) in [6, 6.07) is 9.55. The topological polar surface area (TPSA) is 114 Å². The van der Waals surface area contributed by atoms with Gasteiger partial charge < -0.3 is 29.7 Å². The van der Waals surface area contributed by atoms with Crippen LogP contribution in [0.1, 0.15) is 41.0 Å². The van der Waals surface area contributed by atoms with Gasteiger partial charge in [0.15, 0.2) is 11.5 Å². The monoisotopic (exact) mass is 556 g/mol. The van der Waals surface area contributed by atoms with E-state index in [0.717, 1.165) is 10.8 Å². The summed E-state index contributed by atoms with van der Waals surface area (Å²) in [5.74, 6) is 1.57. The maximum Gasteiger partial charge on any atom is 0.431 e. The van der Waals surface area contributed by atoms with E-state index in [1.807, 2.05) is 19.2 Å². The molecule has 0 aliphatic rings. The molecule has 1 heterocycles. The Labute approximate surface area is 233 Å². The average Bonchev–Trinajstić information content (AvgIpc) is 3.26. The van der Waals surface area contributed by atoms with Crippen LogP contribution in [0.2, 0.25) is 0 Å². The van der Waals surface area contributed by atoms with Crippen LogP contribution in [0.4, 0.5) is 33.0 Å². The molecule has 1 aromatic heterocycles. The quantitative estimate of drug-likeness (QED) is 0.204. The van der Waals surface area contributed by atoms with E-state index in [-0.39, 0.29) is 18.0 Å². The van der Waals surface area contributed by atoms with Crippen LogP contribution >= 0.6 is 11.3 Å². The van der Waals surface area contributed by atoms with E-state index >= 15 is 0 Å². The first kappa shape index (κ1) is 29.6. The lowest BCUT2D eigenvalue weighted by molar-refractivity contribution is -0.712. The van der Waals surface area contributed by atoms with Crippen molar-refractivity contribution in [1.29, 1.82) is 0 Å². The van der Waals surface area contributed by atoms with Crippen LogP contribution in [0.5, 0.6) is 17.2 Å². The number of rotatable bonds is 12. The summed E-state index contributed by atoms with van der Waals surface area (Å²) in [6.07, 6.45) is 0.314. The second kappa shape index (κ2) is 13.2. The van der Waals surface area contributed by atoms with Gasteiger partial charge in [-0.2, -0.15) is 0 Å². The molecule has 0 bridgehead atoms. The maximum absolute atomic E-state index is 12.4. The number of amides is 1. The van der Waals surface area contributed by atoms with Gasteiger partial charge >= 0.3 is 5.13 Å². The highest BCUT2D eigenvalue weighted by molar-refractivity contribution is 7.18. The smallest absolute Gasteiger partial charge is 0.431 e. The summed E-state index contributed by atoms with van der Waals surface area (Å²) >= 11 is 1.45. The minimum Gasteiger partial charge on any atom is -0.494 e. The average molecular weight is 557 g/mol. The standard InChI is InChI=1S/C27H37N7O4S/c1-10-25(35)29-19-14-21(28-18-11-12-22(36-7)24(13-18)38-9)23(37-8)15-20(19)30-31-26-33(6)32-27(39-26)34(16(2)3)17(4)5/h11-17H,10H2,1-9H3,(H,28,29,35)/p+1. The number of methoxy groups -OCH3 is 3. The number of nitrogens with zero attached hydrogens (tertiary/aromatic N) is 5. The van der Waals surface area contributed by atoms with Gasteiger partial charge in [0.05, 0.1) is 37.8 Å². The number of hydrogen-bond acceptors (Lipinski definition) is 10. The highest BCUT2D eigenvalue weighted by atomic mass is 32.1. The number of aromatic nitrogens is 2. The van der Waals surface area contributed by atoms with Crippen LogP contribution < -0.4 is 34.4 Å². The molecule has 0 atom stereocenters. The molecule has 0 aliphatic heterocycles. The lowest BCUT2D eigenvalue weighted by Crippen LogP contribution is -2.39. The number of benzene rings is 2. The molecule has 1 amide bonds. The van der Waals surface area contributed by atoms with Crippen LogP contribution in [-0.4, -0.2) is 44.4 Å². The molecule has 11 nitrogen and oxygen atoms in total. The molecule has 3 rings (SSSR count). The van der Waals surface area contributed by atoms with Gasteiger partial charge in [0.1, 0.15) is 18.5 Å². The highest BCUT2D eigenvalue weighted by Crippen LogP contribution is 2.40. The maximum atomic E-state index is 12.4.